The summed E-state index contributed by atoms with van der Waals surface area (Å²) in [5.74, 6) is 0.372. The Morgan fingerprint density at radius 2 is 2.06 bits per heavy atom. The van der Waals surface area contributed by atoms with Crippen LogP contribution in [0.4, 0.5) is 10.3 Å². The SMILES string of the molecule is Fc1ccc2nc(N3CCNCC3)nn2c1. The lowest BCUT2D eigenvalue weighted by molar-refractivity contribution is 0.579. The van der Waals surface area contributed by atoms with Crippen molar-refractivity contribution in [3.63, 3.8) is 0 Å². The number of aromatic nitrogens is 3. The van der Waals surface area contributed by atoms with E-state index in [0.29, 0.717) is 11.6 Å². The molecule has 0 spiro atoms. The van der Waals surface area contributed by atoms with E-state index >= 15 is 0 Å². The minimum atomic E-state index is -0.302. The van der Waals surface area contributed by atoms with Gasteiger partial charge in [-0.05, 0) is 12.1 Å². The smallest absolute Gasteiger partial charge is 0.245 e. The molecule has 6 heteroatoms. The normalized spacial score (nSPS) is 16.9. The molecule has 1 saturated heterocycles. The van der Waals surface area contributed by atoms with Gasteiger partial charge in [-0.15, -0.1) is 5.10 Å². The van der Waals surface area contributed by atoms with Crippen LogP contribution in [0.3, 0.4) is 0 Å². The van der Waals surface area contributed by atoms with Gasteiger partial charge in [0.1, 0.15) is 5.82 Å². The molecule has 2 aromatic heterocycles. The van der Waals surface area contributed by atoms with E-state index in [0.717, 1.165) is 26.2 Å². The second-order valence-electron chi connectivity index (χ2n) is 3.80. The van der Waals surface area contributed by atoms with E-state index in [9.17, 15) is 4.39 Å². The van der Waals surface area contributed by atoms with Gasteiger partial charge in [0.2, 0.25) is 5.95 Å². The van der Waals surface area contributed by atoms with Gasteiger partial charge in [0.05, 0.1) is 6.20 Å². The number of hydrogen-bond donors (Lipinski definition) is 1. The molecule has 1 N–H and O–H groups in total. The number of hydrogen-bond acceptors (Lipinski definition) is 4. The fraction of sp³-hybridized carbons (Fsp3) is 0.400. The van der Waals surface area contributed by atoms with Gasteiger partial charge in [0.25, 0.3) is 0 Å². The van der Waals surface area contributed by atoms with Crippen molar-refractivity contribution in [2.75, 3.05) is 31.1 Å². The van der Waals surface area contributed by atoms with Crippen LogP contribution < -0.4 is 10.2 Å². The van der Waals surface area contributed by atoms with E-state index in [4.69, 9.17) is 0 Å². The Labute approximate surface area is 91.9 Å². The van der Waals surface area contributed by atoms with Crippen LogP contribution in [0.2, 0.25) is 0 Å². The predicted molar refractivity (Wildman–Crippen MR) is 58.0 cm³/mol. The van der Waals surface area contributed by atoms with Crippen LogP contribution in [0, 0.1) is 5.82 Å². The Bertz CT molecular complexity index is 503. The van der Waals surface area contributed by atoms with Crippen molar-refractivity contribution < 1.29 is 4.39 Å². The Hall–Kier alpha value is -1.69. The highest BCUT2D eigenvalue weighted by atomic mass is 19.1. The molecule has 0 unspecified atom stereocenters. The molecule has 3 rings (SSSR count). The van der Waals surface area contributed by atoms with Crippen molar-refractivity contribution in [3.8, 4) is 0 Å². The fourth-order valence-corrected chi connectivity index (χ4v) is 1.85. The van der Waals surface area contributed by atoms with E-state index in [1.807, 2.05) is 0 Å². The highest BCUT2D eigenvalue weighted by Gasteiger charge is 2.15. The van der Waals surface area contributed by atoms with Crippen molar-refractivity contribution in [1.29, 1.82) is 0 Å². The first-order valence-corrected chi connectivity index (χ1v) is 5.30. The number of nitrogens with zero attached hydrogens (tertiary/aromatic N) is 4. The van der Waals surface area contributed by atoms with Gasteiger partial charge in [0, 0.05) is 26.2 Å². The average molecular weight is 221 g/mol. The fourth-order valence-electron chi connectivity index (χ4n) is 1.85. The second kappa shape index (κ2) is 3.71. The molecule has 0 saturated carbocycles. The lowest BCUT2D eigenvalue weighted by Crippen LogP contribution is -2.44. The third kappa shape index (κ3) is 1.61. The van der Waals surface area contributed by atoms with Crippen molar-refractivity contribution in [2.45, 2.75) is 0 Å². The van der Waals surface area contributed by atoms with Crippen molar-refractivity contribution >= 4 is 11.6 Å². The summed E-state index contributed by atoms with van der Waals surface area (Å²) in [6, 6.07) is 3.03. The maximum Gasteiger partial charge on any atom is 0.245 e. The van der Waals surface area contributed by atoms with Gasteiger partial charge < -0.3 is 10.2 Å². The summed E-state index contributed by atoms with van der Waals surface area (Å²) in [6.07, 6.45) is 1.34. The highest BCUT2D eigenvalue weighted by Crippen LogP contribution is 2.11. The molecule has 0 bridgehead atoms. The van der Waals surface area contributed by atoms with Gasteiger partial charge in [-0.3, -0.25) is 0 Å². The van der Waals surface area contributed by atoms with Crippen LogP contribution in [-0.2, 0) is 0 Å². The minimum Gasteiger partial charge on any atom is -0.337 e. The first-order valence-electron chi connectivity index (χ1n) is 5.30. The quantitative estimate of drug-likeness (QED) is 0.751. The molecular formula is C10H12FN5. The van der Waals surface area contributed by atoms with Crippen molar-refractivity contribution in [1.82, 2.24) is 19.9 Å². The van der Waals surface area contributed by atoms with E-state index in [1.54, 1.807) is 6.07 Å². The largest absolute Gasteiger partial charge is 0.337 e. The number of rotatable bonds is 1. The molecule has 1 aliphatic heterocycles. The van der Waals surface area contributed by atoms with Crippen LogP contribution in [-0.4, -0.2) is 40.8 Å². The molecule has 5 nitrogen and oxygen atoms in total. The summed E-state index contributed by atoms with van der Waals surface area (Å²) in [7, 11) is 0. The van der Waals surface area contributed by atoms with Crippen molar-refractivity contribution in [3.05, 3.63) is 24.1 Å². The molecule has 0 amide bonds. The summed E-state index contributed by atoms with van der Waals surface area (Å²) in [5, 5.41) is 7.52. The second-order valence-corrected chi connectivity index (χ2v) is 3.80. The molecule has 0 aromatic carbocycles. The van der Waals surface area contributed by atoms with E-state index in [1.165, 1.54) is 16.8 Å². The van der Waals surface area contributed by atoms with Crippen LogP contribution in [0.15, 0.2) is 18.3 Å². The zero-order valence-electron chi connectivity index (χ0n) is 8.73. The molecule has 84 valence electrons. The van der Waals surface area contributed by atoms with Gasteiger partial charge >= 0.3 is 0 Å². The number of halogens is 1. The van der Waals surface area contributed by atoms with E-state index in [2.05, 4.69) is 20.3 Å². The monoisotopic (exact) mass is 221 g/mol. The summed E-state index contributed by atoms with van der Waals surface area (Å²) in [5.41, 5.74) is 0.676. The third-order valence-corrected chi connectivity index (χ3v) is 2.68. The summed E-state index contributed by atoms with van der Waals surface area (Å²) >= 11 is 0. The third-order valence-electron chi connectivity index (χ3n) is 2.68. The lowest BCUT2D eigenvalue weighted by Gasteiger charge is -2.25. The number of nitrogens with one attached hydrogen (secondary N) is 1. The predicted octanol–water partition coefficient (Wildman–Crippen LogP) is 0.278. The van der Waals surface area contributed by atoms with Gasteiger partial charge in [-0.25, -0.2) is 8.91 Å². The standard InChI is InChI=1S/C10H12FN5/c11-8-1-2-9-13-10(14-16(9)7-8)15-5-3-12-4-6-15/h1-2,7,12H,3-6H2. The number of fused-ring (bicyclic) bond motifs is 1. The minimum absolute atomic E-state index is 0.302. The highest BCUT2D eigenvalue weighted by molar-refractivity contribution is 5.44. The molecule has 0 aliphatic carbocycles. The molecule has 2 aromatic rings. The van der Waals surface area contributed by atoms with Gasteiger partial charge in [0.15, 0.2) is 5.65 Å². The summed E-state index contributed by atoms with van der Waals surface area (Å²) in [4.78, 5) is 6.46. The molecular weight excluding hydrogens is 209 g/mol. The number of pyridine rings is 1. The maximum absolute atomic E-state index is 13.0. The number of anilines is 1. The lowest BCUT2D eigenvalue weighted by atomic mass is 10.4. The molecule has 0 atom stereocenters. The molecule has 0 radical (unpaired) electrons. The molecule has 3 heterocycles. The number of piperazine rings is 1. The van der Waals surface area contributed by atoms with E-state index < -0.39 is 0 Å². The Kier molecular flexibility index (Phi) is 2.21. The van der Waals surface area contributed by atoms with Gasteiger partial charge in [-0.1, -0.05) is 0 Å². The molecule has 16 heavy (non-hydrogen) atoms. The average Bonchev–Trinajstić information content (AvgIpc) is 2.73. The zero-order chi connectivity index (χ0) is 11.0. The first kappa shape index (κ1) is 9.53. The van der Waals surface area contributed by atoms with Crippen molar-refractivity contribution in [2.24, 2.45) is 0 Å². The van der Waals surface area contributed by atoms with Crippen LogP contribution >= 0.6 is 0 Å². The Morgan fingerprint density at radius 1 is 1.25 bits per heavy atom. The molecule has 1 fully saturated rings. The van der Waals surface area contributed by atoms with Crippen LogP contribution in [0.25, 0.3) is 5.65 Å². The van der Waals surface area contributed by atoms with Crippen LogP contribution in [0.1, 0.15) is 0 Å². The zero-order valence-corrected chi connectivity index (χ0v) is 8.73. The van der Waals surface area contributed by atoms with Gasteiger partial charge in [-0.2, -0.15) is 4.98 Å². The summed E-state index contributed by atoms with van der Waals surface area (Å²) in [6.45, 7) is 3.65. The maximum atomic E-state index is 13.0. The molecule has 1 aliphatic rings. The topological polar surface area (TPSA) is 45.5 Å². The Balaban J connectivity index is 1.97. The Morgan fingerprint density at radius 3 is 2.88 bits per heavy atom. The first-order chi connectivity index (χ1) is 7.83. The van der Waals surface area contributed by atoms with E-state index in [-0.39, 0.29) is 5.82 Å². The summed E-state index contributed by atoms with van der Waals surface area (Å²) < 4.78 is 14.5. The van der Waals surface area contributed by atoms with Crippen LogP contribution in [0.5, 0.6) is 0 Å².